The number of amides is 1. The number of carboxylic acid groups (broad SMARTS) is 1. The van der Waals surface area contributed by atoms with E-state index in [1.165, 1.54) is 6.92 Å². The molecule has 5 heteroatoms. The molecule has 0 saturated heterocycles. The standard InChI is InChI=1S/C6H12N2O3/c1-3(7)5(9)8-4(2)6(10)11/h3-4H,7H2,1-2H3,(H,8,9)(H,10,11)/p+1/t3-,4+/m0/s1. The van der Waals surface area contributed by atoms with Crippen LogP contribution in [0.3, 0.4) is 0 Å². The Hall–Kier alpha value is -1.10. The molecule has 0 saturated carbocycles. The number of rotatable bonds is 3. The number of aliphatic carboxylic acids is 1. The number of hydrogen-bond acceptors (Lipinski definition) is 2. The van der Waals surface area contributed by atoms with E-state index in [4.69, 9.17) is 5.11 Å². The molecule has 64 valence electrons. The van der Waals surface area contributed by atoms with Crippen molar-refractivity contribution in [3.05, 3.63) is 0 Å². The van der Waals surface area contributed by atoms with E-state index in [-0.39, 0.29) is 5.91 Å². The third-order valence-corrected chi connectivity index (χ3v) is 1.18. The van der Waals surface area contributed by atoms with E-state index in [9.17, 15) is 9.59 Å². The van der Waals surface area contributed by atoms with Crippen LogP contribution in [0.2, 0.25) is 0 Å². The Balaban J connectivity index is 3.85. The zero-order valence-electron chi connectivity index (χ0n) is 6.63. The van der Waals surface area contributed by atoms with Crippen LogP contribution in [-0.4, -0.2) is 29.1 Å². The maximum Gasteiger partial charge on any atom is 0.325 e. The highest BCUT2D eigenvalue weighted by atomic mass is 16.4. The van der Waals surface area contributed by atoms with Crippen molar-refractivity contribution >= 4 is 11.9 Å². The molecule has 1 amide bonds. The molecular weight excluding hydrogens is 148 g/mol. The van der Waals surface area contributed by atoms with E-state index in [1.54, 1.807) is 6.92 Å². The Morgan fingerprint density at radius 3 is 2.18 bits per heavy atom. The van der Waals surface area contributed by atoms with E-state index in [1.807, 2.05) is 0 Å². The summed E-state index contributed by atoms with van der Waals surface area (Å²) in [6.07, 6.45) is 0. The van der Waals surface area contributed by atoms with Gasteiger partial charge in [-0.1, -0.05) is 0 Å². The van der Waals surface area contributed by atoms with Crippen molar-refractivity contribution in [1.82, 2.24) is 5.32 Å². The molecule has 0 unspecified atom stereocenters. The van der Waals surface area contributed by atoms with Gasteiger partial charge in [-0.25, -0.2) is 0 Å². The maximum atomic E-state index is 10.8. The van der Waals surface area contributed by atoms with Gasteiger partial charge in [0.1, 0.15) is 6.04 Å². The second-order valence-corrected chi connectivity index (χ2v) is 2.47. The fraction of sp³-hybridized carbons (Fsp3) is 0.667. The van der Waals surface area contributed by atoms with Crippen LogP contribution in [0.25, 0.3) is 0 Å². The third kappa shape index (κ3) is 3.57. The highest BCUT2D eigenvalue weighted by Gasteiger charge is 2.17. The zero-order chi connectivity index (χ0) is 9.02. The largest absolute Gasteiger partial charge is 0.480 e. The molecule has 2 atom stereocenters. The van der Waals surface area contributed by atoms with Crippen molar-refractivity contribution < 1.29 is 20.4 Å². The Morgan fingerprint density at radius 2 is 1.91 bits per heavy atom. The second-order valence-electron chi connectivity index (χ2n) is 2.47. The highest BCUT2D eigenvalue weighted by Crippen LogP contribution is 1.82. The molecule has 11 heavy (non-hydrogen) atoms. The molecule has 0 radical (unpaired) electrons. The van der Waals surface area contributed by atoms with Gasteiger partial charge in [0.15, 0.2) is 6.04 Å². The minimum Gasteiger partial charge on any atom is -0.480 e. The van der Waals surface area contributed by atoms with Crippen molar-refractivity contribution in [1.29, 1.82) is 0 Å². The molecule has 0 rings (SSSR count). The Bertz CT molecular complexity index is 167. The van der Waals surface area contributed by atoms with Crippen LogP contribution in [0.4, 0.5) is 0 Å². The molecule has 5 nitrogen and oxygen atoms in total. The van der Waals surface area contributed by atoms with Crippen molar-refractivity contribution in [3.8, 4) is 0 Å². The lowest BCUT2D eigenvalue weighted by Gasteiger charge is -2.08. The fourth-order valence-corrected chi connectivity index (χ4v) is 0.417. The average molecular weight is 161 g/mol. The molecule has 0 bridgehead atoms. The molecule has 0 spiro atoms. The molecule has 0 aromatic heterocycles. The van der Waals surface area contributed by atoms with Crippen LogP contribution in [0.1, 0.15) is 13.8 Å². The molecule has 0 aromatic rings. The molecule has 0 fully saturated rings. The van der Waals surface area contributed by atoms with Gasteiger partial charge in [-0.3, -0.25) is 9.59 Å². The van der Waals surface area contributed by atoms with Gasteiger partial charge < -0.3 is 16.2 Å². The Morgan fingerprint density at radius 1 is 1.45 bits per heavy atom. The minimum absolute atomic E-state index is 0.347. The van der Waals surface area contributed by atoms with E-state index >= 15 is 0 Å². The summed E-state index contributed by atoms with van der Waals surface area (Å²) < 4.78 is 0. The Labute approximate surface area is 64.6 Å². The second kappa shape index (κ2) is 3.92. The van der Waals surface area contributed by atoms with Crippen LogP contribution in [0.15, 0.2) is 0 Å². The van der Waals surface area contributed by atoms with Crippen molar-refractivity contribution in [2.75, 3.05) is 0 Å². The lowest BCUT2D eigenvalue weighted by atomic mass is 10.3. The first-order valence-electron chi connectivity index (χ1n) is 3.31. The summed E-state index contributed by atoms with van der Waals surface area (Å²) in [6.45, 7) is 3.01. The van der Waals surface area contributed by atoms with Crippen LogP contribution in [0, 0.1) is 0 Å². The van der Waals surface area contributed by atoms with E-state index in [0.717, 1.165) is 0 Å². The van der Waals surface area contributed by atoms with Crippen molar-refractivity contribution in [2.24, 2.45) is 0 Å². The summed E-state index contributed by atoms with van der Waals surface area (Å²) >= 11 is 0. The van der Waals surface area contributed by atoms with Gasteiger partial charge >= 0.3 is 5.97 Å². The van der Waals surface area contributed by atoms with Gasteiger partial charge in [0.2, 0.25) is 0 Å². The summed E-state index contributed by atoms with van der Waals surface area (Å²) in [5, 5.41) is 10.7. The lowest BCUT2D eigenvalue weighted by Crippen LogP contribution is -2.66. The number of carbonyl (C=O) groups excluding carboxylic acids is 1. The zero-order valence-corrected chi connectivity index (χ0v) is 6.63. The number of nitrogens with one attached hydrogen (secondary N) is 1. The normalized spacial score (nSPS) is 15.2. The molecule has 0 aromatic carbocycles. The first-order chi connectivity index (χ1) is 4.95. The summed E-state index contributed by atoms with van der Waals surface area (Å²) in [5.74, 6) is -1.39. The van der Waals surface area contributed by atoms with Crippen LogP contribution < -0.4 is 11.1 Å². The molecule has 0 aliphatic heterocycles. The van der Waals surface area contributed by atoms with Crippen LogP contribution in [-0.2, 0) is 9.59 Å². The SMILES string of the molecule is C[C@H]([NH3+])C(=O)N[C@H](C)C(=O)O. The van der Waals surface area contributed by atoms with E-state index in [0.29, 0.717) is 0 Å². The van der Waals surface area contributed by atoms with Crippen molar-refractivity contribution in [3.63, 3.8) is 0 Å². The maximum absolute atomic E-state index is 10.8. The summed E-state index contributed by atoms with van der Waals surface area (Å²) in [4.78, 5) is 21.0. The summed E-state index contributed by atoms with van der Waals surface area (Å²) in [5.41, 5.74) is 3.45. The van der Waals surface area contributed by atoms with Crippen LogP contribution in [0.5, 0.6) is 0 Å². The topological polar surface area (TPSA) is 94.0 Å². The first-order valence-corrected chi connectivity index (χ1v) is 3.31. The summed E-state index contributed by atoms with van der Waals surface area (Å²) in [7, 11) is 0. The average Bonchev–Trinajstić information content (AvgIpc) is 1.87. The smallest absolute Gasteiger partial charge is 0.325 e. The molecular formula is C6H13N2O3+. The lowest BCUT2D eigenvalue weighted by molar-refractivity contribution is -0.398. The monoisotopic (exact) mass is 161 g/mol. The Kier molecular flexibility index (Phi) is 3.53. The number of hydrogen-bond donors (Lipinski definition) is 3. The van der Waals surface area contributed by atoms with Gasteiger partial charge in [-0.2, -0.15) is 0 Å². The van der Waals surface area contributed by atoms with Crippen LogP contribution >= 0.6 is 0 Å². The molecule has 0 aliphatic carbocycles. The predicted molar refractivity (Wildman–Crippen MR) is 37.6 cm³/mol. The quantitative estimate of drug-likeness (QED) is 0.456. The van der Waals surface area contributed by atoms with Gasteiger partial charge in [0.05, 0.1) is 0 Å². The number of carbonyl (C=O) groups is 2. The predicted octanol–water partition coefficient (Wildman–Crippen LogP) is -1.79. The third-order valence-electron chi connectivity index (χ3n) is 1.18. The fourth-order valence-electron chi connectivity index (χ4n) is 0.417. The van der Waals surface area contributed by atoms with Gasteiger partial charge in [-0.15, -0.1) is 0 Å². The minimum atomic E-state index is -1.04. The highest BCUT2D eigenvalue weighted by molar-refractivity contribution is 5.85. The summed E-state index contributed by atoms with van der Waals surface area (Å²) in [6, 6.07) is -1.26. The molecule has 5 N–H and O–H groups in total. The van der Waals surface area contributed by atoms with Gasteiger partial charge in [0.25, 0.3) is 5.91 Å². The van der Waals surface area contributed by atoms with Gasteiger partial charge in [0, 0.05) is 0 Å². The first kappa shape index (κ1) is 9.90. The van der Waals surface area contributed by atoms with Crippen molar-refractivity contribution in [2.45, 2.75) is 25.9 Å². The van der Waals surface area contributed by atoms with Gasteiger partial charge in [-0.05, 0) is 13.8 Å². The van der Waals surface area contributed by atoms with E-state index < -0.39 is 18.1 Å². The van der Waals surface area contributed by atoms with E-state index in [2.05, 4.69) is 11.1 Å². The number of quaternary nitrogens is 1. The molecule has 0 aliphatic rings. The molecule has 0 heterocycles. The number of carboxylic acids is 1.